The van der Waals surface area contributed by atoms with Gasteiger partial charge in [-0.1, -0.05) is 0 Å². The number of aliphatic hydroxyl groups excluding tert-OH is 6. The van der Waals surface area contributed by atoms with Crippen molar-refractivity contribution in [3.63, 3.8) is 0 Å². The maximum absolute atomic E-state index is 10.7. The van der Waals surface area contributed by atoms with E-state index in [-0.39, 0.29) is 33.8 Å². The van der Waals surface area contributed by atoms with Gasteiger partial charge in [0.25, 0.3) is 0 Å². The minimum Gasteiger partial charge on any atom is -0.507 e. The van der Waals surface area contributed by atoms with Crippen molar-refractivity contribution in [2.75, 3.05) is 13.2 Å². The van der Waals surface area contributed by atoms with Crippen LogP contribution >= 0.6 is 0 Å². The number of aliphatic hydroxyl groups is 6. The lowest BCUT2D eigenvalue weighted by atomic mass is 9.99. The molecule has 2 saturated heterocycles. The number of hydrogen-bond acceptors (Lipinski definition) is 15. The first-order valence-electron chi connectivity index (χ1n) is 12.6. The maximum atomic E-state index is 10.7. The second-order valence-corrected chi connectivity index (χ2v) is 9.85. The molecule has 0 unspecified atom stereocenters. The Morgan fingerprint density at radius 3 is 1.98 bits per heavy atom. The predicted molar refractivity (Wildman–Crippen MR) is 135 cm³/mol. The molecule has 1 aromatic heterocycles. The molecule has 5 rings (SSSR count). The highest BCUT2D eigenvalue weighted by Gasteiger charge is 2.48. The Labute approximate surface area is 235 Å². The van der Waals surface area contributed by atoms with Crippen molar-refractivity contribution in [3.8, 4) is 45.8 Å². The fourth-order valence-corrected chi connectivity index (χ4v) is 4.68. The van der Waals surface area contributed by atoms with E-state index < -0.39 is 91.5 Å². The molecule has 3 aromatic rings. The molecule has 0 spiro atoms. The summed E-state index contributed by atoms with van der Waals surface area (Å²) in [5, 5.41) is 111. The van der Waals surface area contributed by atoms with E-state index in [1.54, 1.807) is 0 Å². The zero-order valence-corrected chi connectivity index (χ0v) is 21.5. The molecule has 228 valence electrons. The molecule has 2 aliphatic heterocycles. The molecule has 11 N–H and O–H groups in total. The van der Waals surface area contributed by atoms with Gasteiger partial charge in [-0.15, -0.1) is 0 Å². The highest BCUT2D eigenvalue weighted by molar-refractivity contribution is 5.88. The van der Waals surface area contributed by atoms with Crippen LogP contribution in [0.5, 0.6) is 34.5 Å². The van der Waals surface area contributed by atoms with Crippen LogP contribution in [-0.2, 0) is 14.2 Å². The number of rotatable bonds is 7. The highest BCUT2D eigenvalue weighted by atomic mass is 16.7. The number of benzene rings is 2. The van der Waals surface area contributed by atoms with Crippen molar-refractivity contribution < 1.29 is 79.5 Å². The van der Waals surface area contributed by atoms with E-state index in [0.717, 1.165) is 18.2 Å². The van der Waals surface area contributed by atoms with Crippen LogP contribution in [0, 0.1) is 0 Å². The standard InChI is InChI=1S/C26H28O16/c27-6-16-19(33)21(35)23(37)25(41-16)38-7-17-20(34)22(36)26(42-17)40-15-5-10-11(29)3-9(28)4-14(10)39-24(15)8-1-12(30)18(32)13(31)2-8/h1-5,16-17,19-23,25-27,33-37H,6-7H2,(H4-,28,29,30,31,32)/p+1/t16-,17-,19-,20+,21+,22-,23-,25-,26-/m1/s1. The number of fused-ring (bicyclic) bond motifs is 1. The van der Waals surface area contributed by atoms with E-state index in [0.29, 0.717) is 0 Å². The molecule has 2 aromatic carbocycles. The number of ether oxygens (including phenoxy) is 4. The van der Waals surface area contributed by atoms with Crippen molar-refractivity contribution in [3.05, 3.63) is 30.3 Å². The summed E-state index contributed by atoms with van der Waals surface area (Å²) >= 11 is 0. The maximum Gasteiger partial charge on any atom is 0.402 e. The van der Waals surface area contributed by atoms with E-state index in [9.17, 15) is 56.2 Å². The Balaban J connectivity index is 1.41. The highest BCUT2D eigenvalue weighted by Crippen LogP contribution is 2.45. The van der Waals surface area contributed by atoms with Gasteiger partial charge in [-0.05, 0) is 0 Å². The fraction of sp³-hybridized carbons (Fsp3) is 0.423. The summed E-state index contributed by atoms with van der Waals surface area (Å²) in [7, 11) is 0. The zero-order chi connectivity index (χ0) is 30.5. The molecule has 9 atom stereocenters. The second kappa shape index (κ2) is 11.5. The largest absolute Gasteiger partial charge is 0.507 e. The van der Waals surface area contributed by atoms with Crippen LogP contribution in [-0.4, -0.2) is 125 Å². The smallest absolute Gasteiger partial charge is 0.402 e. The molecule has 42 heavy (non-hydrogen) atoms. The van der Waals surface area contributed by atoms with Crippen LogP contribution in [0.15, 0.2) is 34.7 Å². The van der Waals surface area contributed by atoms with Gasteiger partial charge in [0, 0.05) is 24.3 Å². The number of hydrogen-bond donors (Lipinski definition) is 11. The lowest BCUT2D eigenvalue weighted by Crippen LogP contribution is -2.59. The molecule has 16 nitrogen and oxygen atoms in total. The van der Waals surface area contributed by atoms with E-state index in [2.05, 4.69) is 0 Å². The lowest BCUT2D eigenvalue weighted by Gasteiger charge is -2.39. The average Bonchev–Trinajstić information content (AvgIpc) is 3.21. The SMILES string of the molecule is OC[C@H]1O[C@@H](OC[C@H]2O[C@@H](Oc3cc4c(O)cc(O)cc4[o+]c3-c3cc(O)c(O)c(O)c3)[C@H](O)[C@H]2O)[C@H](O)[C@@H](O)[C@@H]1O. The molecule has 0 amide bonds. The molecule has 2 aliphatic rings. The predicted octanol–water partition coefficient (Wildman–Crippen LogP) is -1.45. The van der Waals surface area contributed by atoms with Gasteiger partial charge in [-0.3, -0.25) is 0 Å². The molecule has 0 bridgehead atoms. The first-order valence-corrected chi connectivity index (χ1v) is 12.6. The second-order valence-electron chi connectivity index (χ2n) is 9.85. The van der Waals surface area contributed by atoms with Crippen molar-refractivity contribution in [1.82, 2.24) is 0 Å². The van der Waals surface area contributed by atoms with E-state index in [1.165, 1.54) is 12.1 Å². The number of phenols is 5. The minimum atomic E-state index is -1.72. The topological polar surface area (TPSA) is 271 Å². The lowest BCUT2D eigenvalue weighted by molar-refractivity contribution is -0.306. The Morgan fingerprint density at radius 1 is 0.690 bits per heavy atom. The summed E-state index contributed by atoms with van der Waals surface area (Å²) in [4.78, 5) is 0. The zero-order valence-electron chi connectivity index (χ0n) is 21.5. The third-order valence-electron chi connectivity index (χ3n) is 6.98. The van der Waals surface area contributed by atoms with E-state index in [4.69, 9.17) is 23.4 Å². The Bertz CT molecular complexity index is 1420. The van der Waals surface area contributed by atoms with Crippen molar-refractivity contribution in [1.29, 1.82) is 0 Å². The van der Waals surface area contributed by atoms with E-state index >= 15 is 0 Å². The van der Waals surface area contributed by atoms with Gasteiger partial charge in [0.05, 0.1) is 24.8 Å². The normalized spacial score (nSPS) is 31.4. The summed E-state index contributed by atoms with van der Waals surface area (Å²) in [6.45, 7) is -1.21. The Hall–Kier alpha value is -3.71. The van der Waals surface area contributed by atoms with Crippen molar-refractivity contribution >= 4 is 11.0 Å². The van der Waals surface area contributed by atoms with Crippen LogP contribution < -0.4 is 4.74 Å². The third-order valence-corrected chi connectivity index (χ3v) is 6.98. The Kier molecular flexibility index (Phi) is 8.17. The third kappa shape index (κ3) is 5.42. The van der Waals surface area contributed by atoms with Crippen LogP contribution in [0.25, 0.3) is 22.3 Å². The quantitative estimate of drug-likeness (QED) is 0.110. The van der Waals surface area contributed by atoms with Gasteiger partial charge in [0.15, 0.2) is 23.5 Å². The van der Waals surface area contributed by atoms with Gasteiger partial charge in [0.1, 0.15) is 59.6 Å². The first-order chi connectivity index (χ1) is 19.9. The molecular formula is C26H29O16+. The summed E-state index contributed by atoms with van der Waals surface area (Å²) in [6.07, 6.45) is -14.0. The van der Waals surface area contributed by atoms with Crippen molar-refractivity contribution in [2.24, 2.45) is 0 Å². The minimum absolute atomic E-state index is 0.0364. The van der Waals surface area contributed by atoms with Crippen LogP contribution in [0.2, 0.25) is 0 Å². The molecule has 0 aliphatic carbocycles. The number of aromatic hydroxyl groups is 5. The molecule has 16 heteroatoms. The Morgan fingerprint density at radius 2 is 1.31 bits per heavy atom. The van der Waals surface area contributed by atoms with Gasteiger partial charge >= 0.3 is 11.3 Å². The van der Waals surface area contributed by atoms with Crippen LogP contribution in [0.3, 0.4) is 0 Å². The van der Waals surface area contributed by atoms with Crippen molar-refractivity contribution in [2.45, 2.75) is 55.3 Å². The molecule has 2 fully saturated rings. The molecular weight excluding hydrogens is 568 g/mol. The van der Waals surface area contributed by atoms with Crippen LogP contribution in [0.1, 0.15) is 0 Å². The summed E-state index contributed by atoms with van der Waals surface area (Å²) in [6, 6.07) is 5.47. The van der Waals surface area contributed by atoms with Gasteiger partial charge in [0.2, 0.25) is 12.0 Å². The summed E-state index contributed by atoms with van der Waals surface area (Å²) < 4.78 is 27.8. The molecule has 0 saturated carbocycles. The summed E-state index contributed by atoms with van der Waals surface area (Å²) in [5.74, 6) is -3.47. The summed E-state index contributed by atoms with van der Waals surface area (Å²) in [5.41, 5.74) is -0.0984. The molecule has 0 radical (unpaired) electrons. The fourth-order valence-electron chi connectivity index (χ4n) is 4.68. The van der Waals surface area contributed by atoms with Crippen LogP contribution in [0.4, 0.5) is 0 Å². The molecule has 3 heterocycles. The van der Waals surface area contributed by atoms with Gasteiger partial charge in [-0.25, -0.2) is 4.42 Å². The van der Waals surface area contributed by atoms with Gasteiger partial charge in [-0.2, -0.15) is 0 Å². The monoisotopic (exact) mass is 597 g/mol. The van der Waals surface area contributed by atoms with E-state index in [1.807, 2.05) is 0 Å². The number of phenolic OH excluding ortho intramolecular Hbond substituents is 5. The van der Waals surface area contributed by atoms with Gasteiger partial charge < -0.3 is 75.1 Å². The average molecular weight is 598 g/mol. The first kappa shape index (κ1) is 29.8.